The number of methoxy groups -OCH3 is 1. The fraction of sp³-hybridized carbons (Fsp3) is 0.462. The van der Waals surface area contributed by atoms with Gasteiger partial charge in [-0.05, 0) is 48.8 Å². The van der Waals surface area contributed by atoms with Crippen molar-refractivity contribution in [3.8, 4) is 5.75 Å². The van der Waals surface area contributed by atoms with E-state index in [4.69, 9.17) is 4.74 Å². The van der Waals surface area contributed by atoms with Crippen LogP contribution in [0.1, 0.15) is 10.4 Å². The second-order valence-corrected chi connectivity index (χ2v) is 5.81. The first-order valence-electron chi connectivity index (χ1n) is 5.82. The van der Waals surface area contributed by atoms with Gasteiger partial charge in [-0.1, -0.05) is 6.07 Å². The summed E-state index contributed by atoms with van der Waals surface area (Å²) in [5, 5.41) is 0. The van der Waals surface area contributed by atoms with E-state index in [9.17, 15) is 4.79 Å². The Bertz CT molecular complexity index is 456. The normalized spacial score (nSPS) is 15.7. The Labute approximate surface area is 121 Å². The first-order valence-corrected chi connectivity index (χ1v) is 6.90. The molecule has 1 aliphatic heterocycles. The molecule has 0 bridgehead atoms. The van der Waals surface area contributed by atoms with Gasteiger partial charge in [0.05, 0.1) is 12.7 Å². The van der Waals surface area contributed by atoms with Crippen molar-refractivity contribution in [1.29, 1.82) is 0 Å². The molecule has 0 atom stereocenters. The number of carbonyl (C=O) groups excluding carboxylic acids is 1. The molecule has 1 aromatic carbocycles. The third-order valence-electron chi connectivity index (χ3n) is 3.29. The average molecular weight is 360 g/mol. The van der Waals surface area contributed by atoms with Crippen LogP contribution in [0.25, 0.3) is 0 Å². The summed E-state index contributed by atoms with van der Waals surface area (Å²) in [5.41, 5.74) is 0.679. The van der Waals surface area contributed by atoms with Crippen molar-refractivity contribution in [3.05, 3.63) is 27.3 Å². The van der Waals surface area contributed by atoms with E-state index >= 15 is 0 Å². The van der Waals surface area contributed by atoms with E-state index in [2.05, 4.69) is 27.5 Å². The third-order valence-corrected chi connectivity index (χ3v) is 4.19. The van der Waals surface area contributed by atoms with Crippen LogP contribution in [0.2, 0.25) is 0 Å². The molecular formula is C13H17IN2O2. The third kappa shape index (κ3) is 2.47. The maximum Gasteiger partial charge on any atom is 0.258 e. The summed E-state index contributed by atoms with van der Waals surface area (Å²) < 4.78 is 6.21. The van der Waals surface area contributed by atoms with Gasteiger partial charge in [0, 0.05) is 22.7 Å². The topological polar surface area (TPSA) is 32.8 Å². The van der Waals surface area contributed by atoms with Crippen molar-refractivity contribution in [1.82, 2.24) is 9.80 Å². The fourth-order valence-corrected chi connectivity index (χ4v) is 2.69. The highest BCUT2D eigenvalue weighted by Gasteiger charge is 2.34. The Morgan fingerprint density at radius 1 is 1.44 bits per heavy atom. The molecule has 2 rings (SSSR count). The average Bonchev–Trinajstić information content (AvgIpc) is 2.25. The minimum Gasteiger partial charge on any atom is -0.496 e. The number of likely N-dealkylation sites (N-methyl/N-ethyl adjacent to an activating group) is 1. The van der Waals surface area contributed by atoms with Crippen LogP contribution < -0.4 is 4.74 Å². The zero-order chi connectivity index (χ0) is 13.3. The van der Waals surface area contributed by atoms with E-state index in [1.165, 1.54) is 0 Å². The zero-order valence-electron chi connectivity index (χ0n) is 10.8. The summed E-state index contributed by atoms with van der Waals surface area (Å²) in [4.78, 5) is 16.4. The molecule has 0 aromatic heterocycles. The number of nitrogens with zero attached hydrogens (tertiary/aromatic N) is 2. The van der Waals surface area contributed by atoms with Gasteiger partial charge in [-0.15, -0.1) is 0 Å². The molecule has 0 unspecified atom stereocenters. The quantitative estimate of drug-likeness (QED) is 0.770. The molecule has 98 valence electrons. The van der Waals surface area contributed by atoms with Gasteiger partial charge in [0.15, 0.2) is 0 Å². The van der Waals surface area contributed by atoms with Gasteiger partial charge in [-0.2, -0.15) is 0 Å². The fourth-order valence-electron chi connectivity index (χ4n) is 1.99. The van der Waals surface area contributed by atoms with Crippen LogP contribution in [-0.4, -0.2) is 56.0 Å². The maximum atomic E-state index is 12.4. The second-order valence-electron chi connectivity index (χ2n) is 4.64. The van der Waals surface area contributed by atoms with Crippen LogP contribution in [-0.2, 0) is 0 Å². The second kappa shape index (κ2) is 5.44. The van der Waals surface area contributed by atoms with Crippen molar-refractivity contribution in [2.75, 3.05) is 34.3 Å². The molecule has 5 heteroatoms. The number of hydrogen-bond donors (Lipinski definition) is 0. The zero-order valence-corrected chi connectivity index (χ0v) is 13.0. The Morgan fingerprint density at radius 3 is 2.67 bits per heavy atom. The Kier molecular flexibility index (Phi) is 4.11. The van der Waals surface area contributed by atoms with Gasteiger partial charge in [-0.3, -0.25) is 4.79 Å². The predicted octanol–water partition coefficient (Wildman–Crippen LogP) is 1.69. The molecule has 1 fully saturated rings. The number of amides is 1. The SMILES string of the molecule is COc1cccc(I)c1C(=O)N1CC(N(C)C)C1. The molecule has 0 radical (unpaired) electrons. The summed E-state index contributed by atoms with van der Waals surface area (Å²) in [6, 6.07) is 6.13. The van der Waals surface area contributed by atoms with E-state index in [1.807, 2.05) is 37.2 Å². The molecule has 4 nitrogen and oxygen atoms in total. The van der Waals surface area contributed by atoms with Gasteiger partial charge in [0.1, 0.15) is 5.75 Å². The van der Waals surface area contributed by atoms with Gasteiger partial charge >= 0.3 is 0 Å². The van der Waals surface area contributed by atoms with Crippen molar-refractivity contribution in [2.24, 2.45) is 0 Å². The van der Waals surface area contributed by atoms with E-state index in [-0.39, 0.29) is 5.91 Å². The van der Waals surface area contributed by atoms with Gasteiger partial charge in [0.25, 0.3) is 5.91 Å². The van der Waals surface area contributed by atoms with Crippen molar-refractivity contribution >= 4 is 28.5 Å². The molecule has 1 aliphatic rings. The number of hydrogen-bond acceptors (Lipinski definition) is 3. The van der Waals surface area contributed by atoms with Crippen LogP contribution in [0.15, 0.2) is 18.2 Å². The minimum absolute atomic E-state index is 0.0648. The van der Waals surface area contributed by atoms with E-state index in [0.29, 0.717) is 17.4 Å². The summed E-state index contributed by atoms with van der Waals surface area (Å²) in [6.07, 6.45) is 0. The summed E-state index contributed by atoms with van der Waals surface area (Å²) >= 11 is 2.18. The van der Waals surface area contributed by atoms with Crippen molar-refractivity contribution < 1.29 is 9.53 Å². The Morgan fingerprint density at radius 2 is 2.11 bits per heavy atom. The summed E-state index contributed by atoms with van der Waals surface area (Å²) in [7, 11) is 5.68. The first kappa shape index (κ1) is 13.6. The predicted molar refractivity (Wildman–Crippen MR) is 79.1 cm³/mol. The van der Waals surface area contributed by atoms with Crippen LogP contribution in [0.5, 0.6) is 5.75 Å². The Hall–Kier alpha value is -0.820. The smallest absolute Gasteiger partial charge is 0.258 e. The number of rotatable bonds is 3. The molecule has 0 spiro atoms. The van der Waals surface area contributed by atoms with E-state index < -0.39 is 0 Å². The molecule has 0 N–H and O–H groups in total. The van der Waals surface area contributed by atoms with Gasteiger partial charge < -0.3 is 14.5 Å². The molecule has 18 heavy (non-hydrogen) atoms. The highest BCUT2D eigenvalue weighted by Crippen LogP contribution is 2.27. The van der Waals surface area contributed by atoms with Crippen molar-refractivity contribution in [3.63, 3.8) is 0 Å². The monoisotopic (exact) mass is 360 g/mol. The maximum absolute atomic E-state index is 12.4. The molecule has 0 aliphatic carbocycles. The number of halogens is 1. The molecule has 1 amide bonds. The van der Waals surface area contributed by atoms with Crippen LogP contribution in [0, 0.1) is 3.57 Å². The molecule has 0 saturated carbocycles. The lowest BCUT2D eigenvalue weighted by Crippen LogP contribution is -2.59. The molecule has 1 aromatic rings. The van der Waals surface area contributed by atoms with Crippen LogP contribution in [0.3, 0.4) is 0 Å². The Balaban J connectivity index is 2.16. The summed E-state index contributed by atoms with van der Waals surface area (Å²) in [6.45, 7) is 1.58. The number of ether oxygens (including phenoxy) is 1. The standard InChI is InChI=1S/C13H17IN2O2/c1-15(2)9-7-16(8-9)13(17)12-10(14)5-4-6-11(12)18-3/h4-6,9H,7-8H2,1-3H3. The minimum atomic E-state index is 0.0648. The highest BCUT2D eigenvalue weighted by atomic mass is 127. The largest absolute Gasteiger partial charge is 0.496 e. The molecule has 1 saturated heterocycles. The number of benzene rings is 1. The van der Waals surface area contributed by atoms with Crippen LogP contribution in [0.4, 0.5) is 0 Å². The van der Waals surface area contributed by atoms with Gasteiger partial charge in [-0.25, -0.2) is 0 Å². The number of likely N-dealkylation sites (tertiary alicyclic amines) is 1. The van der Waals surface area contributed by atoms with Gasteiger partial charge in [0.2, 0.25) is 0 Å². The first-order chi connectivity index (χ1) is 8.54. The lowest BCUT2D eigenvalue weighted by Gasteiger charge is -2.43. The summed E-state index contributed by atoms with van der Waals surface area (Å²) in [5.74, 6) is 0.718. The van der Waals surface area contributed by atoms with E-state index in [1.54, 1.807) is 7.11 Å². The molecular weight excluding hydrogens is 343 g/mol. The van der Waals surface area contributed by atoms with E-state index in [0.717, 1.165) is 16.7 Å². The molecule has 1 heterocycles. The van der Waals surface area contributed by atoms with Crippen molar-refractivity contribution in [2.45, 2.75) is 6.04 Å². The highest BCUT2D eigenvalue weighted by molar-refractivity contribution is 14.1. The lowest BCUT2D eigenvalue weighted by molar-refractivity contribution is 0.0395. The van der Waals surface area contributed by atoms with Crippen LogP contribution >= 0.6 is 22.6 Å². The number of carbonyl (C=O) groups is 1. The lowest BCUT2D eigenvalue weighted by atomic mass is 10.1.